The number of carbonyl (C=O) groups excluding carboxylic acids is 1. The molecule has 1 aliphatic rings. The van der Waals surface area contributed by atoms with Crippen molar-refractivity contribution in [3.8, 4) is 5.75 Å². The smallest absolute Gasteiger partial charge is 0.224 e. The second-order valence-corrected chi connectivity index (χ2v) is 7.33. The first-order valence-corrected chi connectivity index (χ1v) is 10.5. The van der Waals surface area contributed by atoms with E-state index >= 15 is 0 Å². The van der Waals surface area contributed by atoms with Crippen molar-refractivity contribution in [3.05, 3.63) is 65.7 Å². The van der Waals surface area contributed by atoms with Crippen molar-refractivity contribution in [2.24, 2.45) is 0 Å². The molecule has 1 amide bonds. The number of rotatable bonds is 8. The molecule has 162 valence electrons. The summed E-state index contributed by atoms with van der Waals surface area (Å²) >= 11 is 0. The molecule has 0 radical (unpaired) electrons. The predicted molar refractivity (Wildman–Crippen MR) is 112 cm³/mol. The summed E-state index contributed by atoms with van der Waals surface area (Å²) in [4.78, 5) is 19.2. The molecule has 3 heterocycles. The van der Waals surface area contributed by atoms with Crippen LogP contribution in [0.1, 0.15) is 36.4 Å². The lowest BCUT2D eigenvalue weighted by Crippen LogP contribution is -2.42. The lowest BCUT2D eigenvalue weighted by Gasteiger charge is -2.33. The minimum Gasteiger partial charge on any atom is -0.494 e. The van der Waals surface area contributed by atoms with Gasteiger partial charge >= 0.3 is 0 Å². The molecule has 1 aromatic carbocycles. The molecule has 0 bridgehead atoms. The first-order chi connectivity index (χ1) is 15.2. The summed E-state index contributed by atoms with van der Waals surface area (Å²) in [6, 6.07) is 14.0. The molecule has 0 spiro atoms. The molecule has 2 aromatic heterocycles. The molecule has 0 saturated carbocycles. The Morgan fingerprint density at radius 2 is 2.10 bits per heavy atom. The highest BCUT2D eigenvalue weighted by molar-refractivity contribution is 5.76. The van der Waals surface area contributed by atoms with Gasteiger partial charge in [0.2, 0.25) is 5.91 Å². The highest BCUT2D eigenvalue weighted by atomic mass is 16.5. The van der Waals surface area contributed by atoms with E-state index in [0.717, 1.165) is 29.1 Å². The van der Waals surface area contributed by atoms with E-state index in [4.69, 9.17) is 14.5 Å². The standard InChI is InChI=1S/C22H26N6O3/c1-2-30-19-8-6-17(7-9-19)14-18-4-3-5-20(24-18)21-15-27(12-13-31-21)22(29)10-11-28-16-23-25-26-28/h3-9,16,21H,2,10-15H2,1H3. The van der Waals surface area contributed by atoms with Gasteiger partial charge in [0, 0.05) is 25.1 Å². The van der Waals surface area contributed by atoms with Crippen molar-refractivity contribution >= 4 is 5.91 Å². The van der Waals surface area contributed by atoms with E-state index in [1.165, 1.54) is 6.33 Å². The van der Waals surface area contributed by atoms with Crippen LogP contribution in [-0.4, -0.2) is 62.3 Å². The largest absolute Gasteiger partial charge is 0.494 e. The van der Waals surface area contributed by atoms with Gasteiger partial charge in [0.25, 0.3) is 0 Å². The number of hydrogen-bond donors (Lipinski definition) is 0. The Bertz CT molecular complexity index is 977. The van der Waals surface area contributed by atoms with Gasteiger partial charge in [0.1, 0.15) is 18.2 Å². The van der Waals surface area contributed by atoms with E-state index in [2.05, 4.69) is 27.7 Å². The number of hydrogen-bond acceptors (Lipinski definition) is 7. The number of morpholine rings is 1. The third-order valence-electron chi connectivity index (χ3n) is 5.14. The number of benzene rings is 1. The average molecular weight is 422 g/mol. The van der Waals surface area contributed by atoms with Crippen molar-refractivity contribution < 1.29 is 14.3 Å². The van der Waals surface area contributed by atoms with Crippen LogP contribution in [0, 0.1) is 0 Å². The van der Waals surface area contributed by atoms with Gasteiger partial charge in [-0.3, -0.25) is 9.78 Å². The Morgan fingerprint density at radius 3 is 2.87 bits per heavy atom. The second kappa shape index (κ2) is 10.1. The van der Waals surface area contributed by atoms with Crippen molar-refractivity contribution in [1.29, 1.82) is 0 Å². The molecule has 0 N–H and O–H groups in total. The Hall–Kier alpha value is -3.33. The van der Waals surface area contributed by atoms with Crippen LogP contribution in [0.2, 0.25) is 0 Å². The maximum Gasteiger partial charge on any atom is 0.224 e. The van der Waals surface area contributed by atoms with Gasteiger partial charge in [-0.05, 0) is 47.2 Å². The predicted octanol–water partition coefficient (Wildman–Crippen LogP) is 2.05. The lowest BCUT2D eigenvalue weighted by atomic mass is 10.1. The fourth-order valence-corrected chi connectivity index (χ4v) is 3.56. The Morgan fingerprint density at radius 1 is 1.23 bits per heavy atom. The molecule has 4 rings (SSSR count). The molecule has 1 fully saturated rings. The Labute approximate surface area is 181 Å². The quantitative estimate of drug-likeness (QED) is 0.548. The van der Waals surface area contributed by atoms with Gasteiger partial charge in [-0.1, -0.05) is 18.2 Å². The SMILES string of the molecule is CCOc1ccc(Cc2cccc(C3CN(C(=O)CCn4cnnn4)CCO3)n2)cc1. The van der Waals surface area contributed by atoms with Gasteiger partial charge < -0.3 is 14.4 Å². The molecular weight excluding hydrogens is 396 g/mol. The number of aryl methyl sites for hydroxylation is 1. The van der Waals surface area contributed by atoms with Crippen molar-refractivity contribution in [2.75, 3.05) is 26.3 Å². The highest BCUT2D eigenvalue weighted by Crippen LogP contribution is 2.22. The van der Waals surface area contributed by atoms with E-state index < -0.39 is 0 Å². The van der Waals surface area contributed by atoms with Crippen LogP contribution in [0.15, 0.2) is 48.8 Å². The minimum atomic E-state index is -0.231. The zero-order chi connectivity index (χ0) is 21.5. The number of amides is 1. The molecule has 9 heteroatoms. The first-order valence-electron chi connectivity index (χ1n) is 10.5. The van der Waals surface area contributed by atoms with Crippen LogP contribution in [-0.2, 0) is 22.5 Å². The first kappa shape index (κ1) is 20.9. The number of nitrogens with zero attached hydrogens (tertiary/aromatic N) is 6. The molecule has 1 atom stereocenters. The van der Waals surface area contributed by atoms with Gasteiger partial charge in [0.05, 0.1) is 32.0 Å². The number of aromatic nitrogens is 5. The van der Waals surface area contributed by atoms with E-state index in [1.54, 1.807) is 4.68 Å². The molecule has 1 aliphatic heterocycles. The number of carbonyl (C=O) groups is 1. The van der Waals surface area contributed by atoms with E-state index in [1.807, 2.05) is 42.2 Å². The van der Waals surface area contributed by atoms with Gasteiger partial charge in [-0.15, -0.1) is 5.10 Å². The molecular formula is C22H26N6O3. The number of tetrazole rings is 1. The fourth-order valence-electron chi connectivity index (χ4n) is 3.56. The van der Waals surface area contributed by atoms with E-state index in [0.29, 0.717) is 39.3 Å². The molecule has 9 nitrogen and oxygen atoms in total. The molecule has 31 heavy (non-hydrogen) atoms. The fraction of sp³-hybridized carbons (Fsp3) is 0.409. The third-order valence-corrected chi connectivity index (χ3v) is 5.14. The van der Waals surface area contributed by atoms with Gasteiger partial charge in [-0.2, -0.15) is 0 Å². The summed E-state index contributed by atoms with van der Waals surface area (Å²) in [5.74, 6) is 0.933. The summed E-state index contributed by atoms with van der Waals surface area (Å²) < 4.78 is 13.0. The van der Waals surface area contributed by atoms with E-state index in [9.17, 15) is 4.79 Å². The minimum absolute atomic E-state index is 0.0642. The van der Waals surface area contributed by atoms with Crippen LogP contribution in [0.4, 0.5) is 0 Å². The molecule has 1 unspecified atom stereocenters. The maximum absolute atomic E-state index is 12.6. The maximum atomic E-state index is 12.6. The van der Waals surface area contributed by atoms with Crippen molar-refractivity contribution in [3.63, 3.8) is 0 Å². The van der Waals surface area contributed by atoms with Crippen molar-refractivity contribution in [2.45, 2.75) is 32.4 Å². The summed E-state index contributed by atoms with van der Waals surface area (Å²) in [6.07, 6.45) is 2.35. The summed E-state index contributed by atoms with van der Waals surface area (Å²) in [6.45, 7) is 4.65. The molecule has 1 saturated heterocycles. The second-order valence-electron chi connectivity index (χ2n) is 7.33. The van der Waals surface area contributed by atoms with Gasteiger partial charge in [-0.25, -0.2) is 4.68 Å². The highest BCUT2D eigenvalue weighted by Gasteiger charge is 2.26. The summed E-state index contributed by atoms with van der Waals surface area (Å²) in [5, 5.41) is 11.0. The lowest BCUT2D eigenvalue weighted by molar-refractivity contribution is -0.139. The van der Waals surface area contributed by atoms with Crippen LogP contribution < -0.4 is 4.74 Å². The van der Waals surface area contributed by atoms with E-state index in [-0.39, 0.29) is 12.0 Å². The summed E-state index contributed by atoms with van der Waals surface area (Å²) in [7, 11) is 0. The zero-order valence-electron chi connectivity index (χ0n) is 17.6. The third kappa shape index (κ3) is 5.64. The zero-order valence-corrected chi connectivity index (χ0v) is 17.6. The topological polar surface area (TPSA) is 95.3 Å². The molecule has 3 aromatic rings. The van der Waals surface area contributed by atoms with Crippen LogP contribution >= 0.6 is 0 Å². The van der Waals surface area contributed by atoms with Crippen LogP contribution in [0.25, 0.3) is 0 Å². The monoisotopic (exact) mass is 422 g/mol. The summed E-state index contributed by atoms with van der Waals surface area (Å²) in [5.41, 5.74) is 2.98. The van der Waals surface area contributed by atoms with Crippen LogP contribution in [0.5, 0.6) is 5.75 Å². The Balaban J connectivity index is 1.36. The Kier molecular flexibility index (Phi) is 6.83. The van der Waals surface area contributed by atoms with Crippen molar-refractivity contribution in [1.82, 2.24) is 30.1 Å². The normalized spacial score (nSPS) is 16.3. The molecule has 0 aliphatic carbocycles. The average Bonchev–Trinajstić information content (AvgIpc) is 3.33. The van der Waals surface area contributed by atoms with Crippen LogP contribution in [0.3, 0.4) is 0 Å². The number of pyridine rings is 1. The van der Waals surface area contributed by atoms with Gasteiger partial charge in [0.15, 0.2) is 0 Å². The number of ether oxygens (including phenoxy) is 2.